The van der Waals surface area contributed by atoms with E-state index in [0.717, 1.165) is 15.9 Å². The van der Waals surface area contributed by atoms with Crippen LogP contribution < -0.4 is 0 Å². The van der Waals surface area contributed by atoms with Crippen LogP contribution in [0.2, 0.25) is 0 Å². The van der Waals surface area contributed by atoms with Gasteiger partial charge in [-0.15, -0.1) is 11.3 Å². The van der Waals surface area contributed by atoms with Gasteiger partial charge in [0.2, 0.25) is 0 Å². The molecule has 0 unspecified atom stereocenters. The van der Waals surface area contributed by atoms with E-state index in [4.69, 9.17) is 5.11 Å². The fourth-order valence-corrected chi connectivity index (χ4v) is 3.59. The van der Waals surface area contributed by atoms with E-state index < -0.39 is 5.97 Å². The molecule has 3 rings (SSSR count). The molecule has 1 fully saturated rings. The smallest absolute Gasteiger partial charge is 0.345 e. The fourth-order valence-electron chi connectivity index (χ4n) is 2.67. The van der Waals surface area contributed by atoms with Crippen LogP contribution in [0.3, 0.4) is 0 Å². The molecule has 5 heteroatoms. The molecule has 0 aromatic carbocycles. The Morgan fingerprint density at radius 1 is 1.53 bits per heavy atom. The lowest BCUT2D eigenvalue weighted by atomic mass is 10.0. The van der Waals surface area contributed by atoms with E-state index >= 15 is 0 Å². The van der Waals surface area contributed by atoms with Gasteiger partial charge in [0.15, 0.2) is 0 Å². The van der Waals surface area contributed by atoms with E-state index in [1.807, 2.05) is 11.7 Å². The molecular formula is C12H14N2O2S. The molecular weight excluding hydrogens is 236 g/mol. The molecule has 2 aromatic heterocycles. The second-order valence-electron chi connectivity index (χ2n) is 4.62. The number of aromatic nitrogens is 2. The molecule has 1 N–H and O–H groups in total. The molecule has 0 spiro atoms. The second kappa shape index (κ2) is 3.84. The van der Waals surface area contributed by atoms with Crippen molar-refractivity contribution < 1.29 is 9.90 Å². The van der Waals surface area contributed by atoms with Crippen molar-refractivity contribution in [1.82, 2.24) is 9.78 Å². The maximum atomic E-state index is 11.0. The van der Waals surface area contributed by atoms with Gasteiger partial charge in [-0.05, 0) is 18.9 Å². The first-order valence-electron chi connectivity index (χ1n) is 5.86. The number of carboxylic acid groups (broad SMARTS) is 1. The van der Waals surface area contributed by atoms with E-state index in [1.165, 1.54) is 37.0 Å². The van der Waals surface area contributed by atoms with Crippen molar-refractivity contribution in [3.63, 3.8) is 0 Å². The number of hydrogen-bond donors (Lipinski definition) is 1. The average molecular weight is 250 g/mol. The highest BCUT2D eigenvalue weighted by Gasteiger charge is 2.24. The minimum atomic E-state index is -0.844. The Balaban J connectivity index is 2.14. The summed E-state index contributed by atoms with van der Waals surface area (Å²) in [4.78, 5) is 12.4. The molecule has 1 aliphatic carbocycles. The van der Waals surface area contributed by atoms with Crippen molar-refractivity contribution in [2.45, 2.75) is 31.6 Å². The van der Waals surface area contributed by atoms with Gasteiger partial charge in [0, 0.05) is 18.4 Å². The lowest BCUT2D eigenvalue weighted by molar-refractivity contribution is 0.0702. The highest BCUT2D eigenvalue weighted by Crippen LogP contribution is 2.39. The van der Waals surface area contributed by atoms with Crippen LogP contribution in [0.5, 0.6) is 0 Å². The third-order valence-electron chi connectivity index (χ3n) is 3.49. The lowest BCUT2D eigenvalue weighted by Crippen LogP contribution is -1.97. The van der Waals surface area contributed by atoms with Gasteiger partial charge >= 0.3 is 5.97 Å². The second-order valence-corrected chi connectivity index (χ2v) is 5.66. The highest BCUT2D eigenvalue weighted by molar-refractivity contribution is 7.20. The van der Waals surface area contributed by atoms with Crippen molar-refractivity contribution in [2.75, 3.05) is 0 Å². The third kappa shape index (κ3) is 1.65. The zero-order valence-electron chi connectivity index (χ0n) is 9.64. The maximum Gasteiger partial charge on any atom is 0.345 e. The first-order valence-corrected chi connectivity index (χ1v) is 6.68. The average Bonchev–Trinajstić information content (AvgIpc) is 2.96. The maximum absolute atomic E-state index is 11.0. The highest BCUT2D eigenvalue weighted by atomic mass is 32.1. The van der Waals surface area contributed by atoms with Crippen LogP contribution in [-0.4, -0.2) is 20.9 Å². The van der Waals surface area contributed by atoms with Gasteiger partial charge in [-0.3, -0.25) is 4.68 Å². The van der Waals surface area contributed by atoms with Crippen molar-refractivity contribution in [2.24, 2.45) is 7.05 Å². The van der Waals surface area contributed by atoms with Gasteiger partial charge < -0.3 is 5.11 Å². The number of hydrogen-bond acceptors (Lipinski definition) is 3. The zero-order valence-corrected chi connectivity index (χ0v) is 10.5. The number of carbonyl (C=O) groups is 1. The molecule has 1 aliphatic rings. The molecule has 0 radical (unpaired) electrons. The predicted molar refractivity (Wildman–Crippen MR) is 66.8 cm³/mol. The van der Waals surface area contributed by atoms with Gasteiger partial charge in [0.1, 0.15) is 9.71 Å². The molecule has 0 saturated heterocycles. The molecule has 90 valence electrons. The quantitative estimate of drug-likeness (QED) is 0.891. The summed E-state index contributed by atoms with van der Waals surface area (Å²) >= 11 is 1.31. The summed E-state index contributed by atoms with van der Waals surface area (Å²) < 4.78 is 1.82. The Morgan fingerprint density at radius 2 is 2.24 bits per heavy atom. The number of nitrogens with zero attached hydrogens (tertiary/aromatic N) is 2. The molecule has 1 saturated carbocycles. The van der Waals surface area contributed by atoms with Crippen LogP contribution in [0.15, 0.2) is 6.07 Å². The van der Waals surface area contributed by atoms with Crippen molar-refractivity contribution in [3.8, 4) is 0 Å². The number of aromatic carboxylic acids is 1. The number of carboxylic acids is 1. The Morgan fingerprint density at radius 3 is 2.88 bits per heavy atom. The Labute approximate surface area is 103 Å². The summed E-state index contributed by atoms with van der Waals surface area (Å²) in [7, 11) is 1.89. The molecule has 2 heterocycles. The Hall–Kier alpha value is -1.36. The van der Waals surface area contributed by atoms with Crippen LogP contribution >= 0.6 is 11.3 Å². The number of thiophene rings is 1. The summed E-state index contributed by atoms with van der Waals surface area (Å²) in [5, 5.41) is 14.6. The summed E-state index contributed by atoms with van der Waals surface area (Å²) in [6.45, 7) is 0. The van der Waals surface area contributed by atoms with Crippen LogP contribution in [0, 0.1) is 0 Å². The van der Waals surface area contributed by atoms with Gasteiger partial charge in [-0.25, -0.2) is 4.79 Å². The molecule has 2 aromatic rings. The van der Waals surface area contributed by atoms with Crippen LogP contribution in [-0.2, 0) is 7.05 Å². The number of rotatable bonds is 2. The molecule has 0 amide bonds. The van der Waals surface area contributed by atoms with E-state index in [1.54, 1.807) is 6.07 Å². The van der Waals surface area contributed by atoms with Crippen molar-refractivity contribution in [3.05, 3.63) is 16.6 Å². The SMILES string of the molecule is Cn1nc(C2CCCC2)c2cc(C(=O)O)sc21. The molecule has 0 atom stereocenters. The number of fused-ring (bicyclic) bond motifs is 1. The topological polar surface area (TPSA) is 55.1 Å². The fraction of sp³-hybridized carbons (Fsp3) is 0.500. The van der Waals surface area contributed by atoms with Crippen LogP contribution in [0.1, 0.15) is 47.0 Å². The minimum absolute atomic E-state index is 0.409. The molecule has 4 nitrogen and oxygen atoms in total. The van der Waals surface area contributed by atoms with E-state index in [9.17, 15) is 4.79 Å². The van der Waals surface area contributed by atoms with Gasteiger partial charge in [-0.2, -0.15) is 5.10 Å². The monoisotopic (exact) mass is 250 g/mol. The van der Waals surface area contributed by atoms with E-state index in [2.05, 4.69) is 5.10 Å². The Bertz CT molecular complexity index is 579. The Kier molecular flexibility index (Phi) is 2.43. The summed E-state index contributed by atoms with van der Waals surface area (Å²) in [6.07, 6.45) is 4.89. The van der Waals surface area contributed by atoms with Crippen LogP contribution in [0.4, 0.5) is 0 Å². The first kappa shape index (κ1) is 10.8. The van der Waals surface area contributed by atoms with Crippen LogP contribution in [0.25, 0.3) is 10.2 Å². The first-order chi connectivity index (χ1) is 8.16. The molecule has 17 heavy (non-hydrogen) atoms. The summed E-state index contributed by atoms with van der Waals surface area (Å²) in [6, 6.07) is 1.78. The summed E-state index contributed by atoms with van der Waals surface area (Å²) in [5.74, 6) is -0.321. The minimum Gasteiger partial charge on any atom is -0.477 e. The molecule has 0 aliphatic heterocycles. The molecule has 0 bridgehead atoms. The normalized spacial score (nSPS) is 17.0. The van der Waals surface area contributed by atoms with Gasteiger partial charge in [0.05, 0.1) is 5.69 Å². The zero-order chi connectivity index (χ0) is 12.0. The van der Waals surface area contributed by atoms with Gasteiger partial charge in [0.25, 0.3) is 0 Å². The van der Waals surface area contributed by atoms with Crippen molar-refractivity contribution in [1.29, 1.82) is 0 Å². The standard InChI is InChI=1S/C12H14N2O2S/c1-14-11-8(6-9(17-11)12(15)16)10(13-14)7-4-2-3-5-7/h6-7H,2-5H2,1H3,(H,15,16). The largest absolute Gasteiger partial charge is 0.477 e. The van der Waals surface area contributed by atoms with Gasteiger partial charge in [-0.1, -0.05) is 12.8 Å². The summed E-state index contributed by atoms with van der Waals surface area (Å²) in [5.41, 5.74) is 1.10. The third-order valence-corrected chi connectivity index (χ3v) is 4.68. The predicted octanol–water partition coefficient (Wildman–Crippen LogP) is 2.99. The number of aryl methyl sites for hydroxylation is 1. The van der Waals surface area contributed by atoms with Crippen molar-refractivity contribution >= 4 is 27.5 Å². The van der Waals surface area contributed by atoms with E-state index in [0.29, 0.717) is 10.8 Å². The lowest BCUT2D eigenvalue weighted by Gasteiger charge is -2.04. The van der Waals surface area contributed by atoms with E-state index in [-0.39, 0.29) is 0 Å².